The van der Waals surface area contributed by atoms with E-state index in [1.54, 1.807) is 0 Å². The molecule has 1 heterocycles. The van der Waals surface area contributed by atoms with Gasteiger partial charge in [-0.25, -0.2) is 0 Å². The van der Waals surface area contributed by atoms with Crippen molar-refractivity contribution in [2.24, 2.45) is 11.8 Å². The first kappa shape index (κ1) is 11.0. The first-order valence-corrected chi connectivity index (χ1v) is 5.32. The maximum atomic E-state index is 5.65. The average Bonchev–Trinajstić information content (AvgIpc) is 2.48. The molecule has 1 rings (SSSR count). The number of hydrogen-bond acceptors (Lipinski definition) is 2. The van der Waals surface area contributed by atoms with Crippen LogP contribution >= 0.6 is 0 Å². The van der Waals surface area contributed by atoms with Crippen molar-refractivity contribution in [3.63, 3.8) is 0 Å². The van der Waals surface area contributed by atoms with Crippen LogP contribution in [0, 0.1) is 11.8 Å². The minimum Gasteiger partial charge on any atom is -0.376 e. The van der Waals surface area contributed by atoms with E-state index in [0.717, 1.165) is 25.0 Å². The lowest BCUT2D eigenvalue weighted by molar-refractivity contribution is -0.00817. The Balaban J connectivity index is 2.17. The highest BCUT2D eigenvalue weighted by atomic mass is 16.5. The zero-order valence-corrected chi connectivity index (χ0v) is 9.25. The quantitative estimate of drug-likeness (QED) is 0.671. The molecule has 0 aromatic heterocycles. The van der Waals surface area contributed by atoms with E-state index in [1.165, 1.54) is 6.42 Å². The second kappa shape index (κ2) is 4.97. The highest BCUT2D eigenvalue weighted by Crippen LogP contribution is 2.26. The minimum atomic E-state index is 0.321. The molecule has 2 nitrogen and oxygen atoms in total. The third kappa shape index (κ3) is 3.65. The molecular formula is C11H22O2. The van der Waals surface area contributed by atoms with Gasteiger partial charge in [0.1, 0.15) is 0 Å². The Bertz CT molecular complexity index is 143. The second-order valence-corrected chi connectivity index (χ2v) is 4.58. The summed E-state index contributed by atoms with van der Waals surface area (Å²) in [5, 5.41) is 0. The molecule has 2 atom stereocenters. The lowest BCUT2D eigenvalue weighted by atomic mass is 9.93. The first-order valence-electron chi connectivity index (χ1n) is 5.32. The number of rotatable bonds is 4. The van der Waals surface area contributed by atoms with Gasteiger partial charge in [-0.05, 0) is 32.1 Å². The van der Waals surface area contributed by atoms with Crippen molar-refractivity contribution in [2.75, 3.05) is 13.2 Å². The highest BCUT2D eigenvalue weighted by molar-refractivity contribution is 4.75. The molecule has 1 saturated heterocycles. The monoisotopic (exact) mass is 186 g/mol. The Labute approximate surface area is 81.6 Å². The molecule has 0 aliphatic carbocycles. The molecule has 13 heavy (non-hydrogen) atoms. The van der Waals surface area contributed by atoms with Crippen molar-refractivity contribution in [2.45, 2.75) is 46.3 Å². The fourth-order valence-electron chi connectivity index (χ4n) is 1.61. The molecule has 1 aliphatic heterocycles. The van der Waals surface area contributed by atoms with Crippen molar-refractivity contribution >= 4 is 0 Å². The number of hydrogen-bond donors (Lipinski definition) is 0. The van der Waals surface area contributed by atoms with Gasteiger partial charge in [0.2, 0.25) is 0 Å². The molecule has 0 unspecified atom stereocenters. The van der Waals surface area contributed by atoms with Crippen LogP contribution in [-0.4, -0.2) is 25.4 Å². The van der Waals surface area contributed by atoms with Crippen LogP contribution in [0.2, 0.25) is 0 Å². The maximum Gasteiger partial charge on any atom is 0.0812 e. The minimum absolute atomic E-state index is 0.321. The Morgan fingerprint density at radius 2 is 2.00 bits per heavy atom. The molecular weight excluding hydrogens is 164 g/mol. The molecule has 0 N–H and O–H groups in total. The standard InChI is InChI=1S/C11H22O2/c1-8(2)10-5-11(13-6-10)7-12-9(3)4/h8-11H,5-7H2,1-4H3/t10-,11-/m0/s1. The fraction of sp³-hybridized carbons (Fsp3) is 1.00. The summed E-state index contributed by atoms with van der Waals surface area (Å²) < 4.78 is 11.2. The van der Waals surface area contributed by atoms with E-state index in [2.05, 4.69) is 27.7 Å². The van der Waals surface area contributed by atoms with E-state index in [1.807, 2.05) is 0 Å². The molecule has 0 radical (unpaired) electrons. The topological polar surface area (TPSA) is 18.5 Å². The van der Waals surface area contributed by atoms with Gasteiger partial charge in [-0.15, -0.1) is 0 Å². The normalized spacial score (nSPS) is 29.1. The van der Waals surface area contributed by atoms with Gasteiger partial charge in [0.25, 0.3) is 0 Å². The molecule has 0 saturated carbocycles. The summed E-state index contributed by atoms with van der Waals surface area (Å²) in [4.78, 5) is 0. The lowest BCUT2D eigenvalue weighted by Gasteiger charge is -2.13. The van der Waals surface area contributed by atoms with Gasteiger partial charge in [-0.2, -0.15) is 0 Å². The number of ether oxygens (including phenoxy) is 2. The summed E-state index contributed by atoms with van der Waals surface area (Å²) in [5.41, 5.74) is 0. The Morgan fingerprint density at radius 1 is 1.31 bits per heavy atom. The molecule has 0 aromatic carbocycles. The Morgan fingerprint density at radius 3 is 2.46 bits per heavy atom. The van der Waals surface area contributed by atoms with E-state index in [0.29, 0.717) is 12.2 Å². The summed E-state index contributed by atoms with van der Waals surface area (Å²) in [7, 11) is 0. The van der Waals surface area contributed by atoms with Crippen LogP contribution in [0.15, 0.2) is 0 Å². The van der Waals surface area contributed by atoms with E-state index in [4.69, 9.17) is 9.47 Å². The molecule has 0 amide bonds. The summed E-state index contributed by atoms with van der Waals surface area (Å²) in [6.45, 7) is 10.3. The van der Waals surface area contributed by atoms with E-state index in [-0.39, 0.29) is 0 Å². The average molecular weight is 186 g/mol. The molecule has 0 spiro atoms. The highest BCUT2D eigenvalue weighted by Gasteiger charge is 2.27. The van der Waals surface area contributed by atoms with Gasteiger partial charge < -0.3 is 9.47 Å². The van der Waals surface area contributed by atoms with Crippen LogP contribution in [0.1, 0.15) is 34.1 Å². The molecule has 78 valence electrons. The summed E-state index contributed by atoms with van der Waals surface area (Å²) >= 11 is 0. The third-order valence-electron chi connectivity index (χ3n) is 2.67. The zero-order chi connectivity index (χ0) is 9.84. The van der Waals surface area contributed by atoms with Crippen LogP contribution in [0.4, 0.5) is 0 Å². The van der Waals surface area contributed by atoms with Gasteiger partial charge in [0.15, 0.2) is 0 Å². The molecule has 0 aromatic rings. The molecule has 0 bridgehead atoms. The summed E-state index contributed by atoms with van der Waals surface area (Å²) in [6, 6.07) is 0. The Kier molecular flexibility index (Phi) is 4.20. The van der Waals surface area contributed by atoms with Gasteiger partial charge >= 0.3 is 0 Å². The maximum absolute atomic E-state index is 5.65. The van der Waals surface area contributed by atoms with Crippen LogP contribution in [0.5, 0.6) is 0 Å². The lowest BCUT2D eigenvalue weighted by Crippen LogP contribution is -2.18. The zero-order valence-electron chi connectivity index (χ0n) is 9.25. The third-order valence-corrected chi connectivity index (χ3v) is 2.67. The summed E-state index contributed by atoms with van der Waals surface area (Å²) in [6.07, 6.45) is 1.83. The van der Waals surface area contributed by atoms with Crippen molar-refractivity contribution in [1.29, 1.82) is 0 Å². The largest absolute Gasteiger partial charge is 0.376 e. The predicted molar refractivity (Wildman–Crippen MR) is 53.8 cm³/mol. The van der Waals surface area contributed by atoms with E-state index in [9.17, 15) is 0 Å². The predicted octanol–water partition coefficient (Wildman–Crippen LogP) is 2.47. The van der Waals surface area contributed by atoms with Crippen molar-refractivity contribution < 1.29 is 9.47 Å². The van der Waals surface area contributed by atoms with Crippen molar-refractivity contribution in [3.05, 3.63) is 0 Å². The van der Waals surface area contributed by atoms with E-state index < -0.39 is 0 Å². The van der Waals surface area contributed by atoms with Crippen molar-refractivity contribution in [1.82, 2.24) is 0 Å². The van der Waals surface area contributed by atoms with Crippen LogP contribution in [0.25, 0.3) is 0 Å². The van der Waals surface area contributed by atoms with Gasteiger partial charge in [-0.1, -0.05) is 13.8 Å². The van der Waals surface area contributed by atoms with E-state index >= 15 is 0 Å². The van der Waals surface area contributed by atoms with Crippen LogP contribution in [-0.2, 0) is 9.47 Å². The smallest absolute Gasteiger partial charge is 0.0812 e. The second-order valence-electron chi connectivity index (χ2n) is 4.58. The SMILES string of the molecule is CC(C)OC[C@@H]1C[C@H](C(C)C)CO1. The molecule has 1 fully saturated rings. The van der Waals surface area contributed by atoms with Gasteiger partial charge in [-0.3, -0.25) is 0 Å². The molecule has 1 aliphatic rings. The van der Waals surface area contributed by atoms with Gasteiger partial charge in [0.05, 0.1) is 25.4 Å². The summed E-state index contributed by atoms with van der Waals surface area (Å²) in [5.74, 6) is 1.48. The van der Waals surface area contributed by atoms with Crippen LogP contribution in [0.3, 0.4) is 0 Å². The molecule has 2 heteroatoms. The van der Waals surface area contributed by atoms with Crippen molar-refractivity contribution in [3.8, 4) is 0 Å². The van der Waals surface area contributed by atoms with Crippen LogP contribution < -0.4 is 0 Å². The fourth-order valence-corrected chi connectivity index (χ4v) is 1.61. The Hall–Kier alpha value is -0.0800. The first-order chi connectivity index (χ1) is 6.09. The van der Waals surface area contributed by atoms with Gasteiger partial charge in [0, 0.05) is 0 Å².